The molecular formula is C12H16O4. The number of ether oxygens (including phenoxy) is 3. The molecule has 0 aliphatic carbocycles. The van der Waals surface area contributed by atoms with Crippen molar-refractivity contribution in [3.8, 4) is 11.5 Å². The molecule has 0 spiro atoms. The maximum absolute atomic E-state index is 11.7. The standard InChI is InChI=1S/C12H16O4/c1-14-7-6-10(13)9-4-5-11(15-2)12(8-9)16-3/h4-5,8H,6-7H2,1-3H3. The summed E-state index contributed by atoms with van der Waals surface area (Å²) < 4.78 is 15.1. The molecule has 88 valence electrons. The SMILES string of the molecule is COCCC(=O)c1ccc(OC)c(OC)c1. The number of hydrogen-bond acceptors (Lipinski definition) is 4. The van der Waals surface area contributed by atoms with Gasteiger partial charge in [-0.1, -0.05) is 0 Å². The van der Waals surface area contributed by atoms with Gasteiger partial charge in [0.2, 0.25) is 0 Å². The number of hydrogen-bond donors (Lipinski definition) is 0. The van der Waals surface area contributed by atoms with Crippen molar-refractivity contribution in [2.45, 2.75) is 6.42 Å². The van der Waals surface area contributed by atoms with Crippen molar-refractivity contribution in [3.63, 3.8) is 0 Å². The fraction of sp³-hybridized carbons (Fsp3) is 0.417. The Morgan fingerprint density at radius 3 is 2.38 bits per heavy atom. The van der Waals surface area contributed by atoms with Gasteiger partial charge < -0.3 is 14.2 Å². The molecule has 0 amide bonds. The van der Waals surface area contributed by atoms with Gasteiger partial charge in [-0.25, -0.2) is 0 Å². The zero-order valence-corrected chi connectivity index (χ0v) is 9.78. The van der Waals surface area contributed by atoms with Crippen molar-refractivity contribution in [1.82, 2.24) is 0 Å². The van der Waals surface area contributed by atoms with E-state index in [0.29, 0.717) is 30.1 Å². The second kappa shape index (κ2) is 6.12. The molecule has 0 fully saturated rings. The van der Waals surface area contributed by atoms with Crippen LogP contribution in [-0.2, 0) is 4.74 Å². The maximum Gasteiger partial charge on any atom is 0.165 e. The minimum absolute atomic E-state index is 0.0304. The van der Waals surface area contributed by atoms with E-state index in [-0.39, 0.29) is 5.78 Å². The number of rotatable bonds is 6. The first-order chi connectivity index (χ1) is 7.72. The predicted octanol–water partition coefficient (Wildman–Crippen LogP) is 1.92. The minimum Gasteiger partial charge on any atom is -0.493 e. The summed E-state index contributed by atoms with van der Waals surface area (Å²) >= 11 is 0. The van der Waals surface area contributed by atoms with E-state index in [2.05, 4.69) is 0 Å². The highest BCUT2D eigenvalue weighted by molar-refractivity contribution is 5.96. The third kappa shape index (κ3) is 2.97. The molecule has 0 N–H and O–H groups in total. The molecule has 0 saturated carbocycles. The molecule has 1 aromatic carbocycles. The molecule has 0 unspecified atom stereocenters. The average molecular weight is 224 g/mol. The number of carbonyl (C=O) groups is 1. The maximum atomic E-state index is 11.7. The van der Waals surface area contributed by atoms with Crippen LogP contribution in [-0.4, -0.2) is 33.7 Å². The fourth-order valence-corrected chi connectivity index (χ4v) is 1.35. The highest BCUT2D eigenvalue weighted by Gasteiger charge is 2.10. The molecule has 0 radical (unpaired) electrons. The van der Waals surface area contributed by atoms with Crippen molar-refractivity contribution in [2.24, 2.45) is 0 Å². The van der Waals surface area contributed by atoms with E-state index >= 15 is 0 Å². The predicted molar refractivity (Wildman–Crippen MR) is 60.4 cm³/mol. The zero-order chi connectivity index (χ0) is 12.0. The van der Waals surface area contributed by atoms with Gasteiger partial charge in [-0.15, -0.1) is 0 Å². The molecule has 0 heterocycles. The fourth-order valence-electron chi connectivity index (χ4n) is 1.35. The highest BCUT2D eigenvalue weighted by atomic mass is 16.5. The second-order valence-corrected chi connectivity index (χ2v) is 3.24. The third-order valence-electron chi connectivity index (χ3n) is 2.24. The first-order valence-corrected chi connectivity index (χ1v) is 4.97. The molecule has 0 aromatic heterocycles. The van der Waals surface area contributed by atoms with Gasteiger partial charge in [-0.2, -0.15) is 0 Å². The molecule has 0 bridgehead atoms. The van der Waals surface area contributed by atoms with Crippen LogP contribution in [0.3, 0.4) is 0 Å². The van der Waals surface area contributed by atoms with Gasteiger partial charge in [0.05, 0.1) is 20.8 Å². The quantitative estimate of drug-likeness (QED) is 0.692. The van der Waals surface area contributed by atoms with Crippen molar-refractivity contribution in [3.05, 3.63) is 23.8 Å². The van der Waals surface area contributed by atoms with E-state index in [0.717, 1.165) is 0 Å². The van der Waals surface area contributed by atoms with Gasteiger partial charge in [-0.3, -0.25) is 4.79 Å². The summed E-state index contributed by atoms with van der Waals surface area (Å²) in [7, 11) is 4.67. The Morgan fingerprint density at radius 1 is 1.12 bits per heavy atom. The van der Waals surface area contributed by atoms with Crippen molar-refractivity contribution < 1.29 is 19.0 Å². The molecule has 0 aliphatic rings. The summed E-state index contributed by atoms with van der Waals surface area (Å²) in [4.78, 5) is 11.7. The smallest absolute Gasteiger partial charge is 0.165 e. The molecule has 0 saturated heterocycles. The Bertz CT molecular complexity index is 360. The van der Waals surface area contributed by atoms with E-state index in [1.54, 1.807) is 39.5 Å². The monoisotopic (exact) mass is 224 g/mol. The van der Waals surface area contributed by atoms with E-state index in [1.807, 2.05) is 0 Å². The van der Waals surface area contributed by atoms with Crippen LogP contribution in [0.15, 0.2) is 18.2 Å². The summed E-state index contributed by atoms with van der Waals surface area (Å²) in [5.41, 5.74) is 0.606. The molecule has 0 aliphatic heterocycles. The minimum atomic E-state index is 0.0304. The molecule has 0 atom stereocenters. The number of ketones is 1. The lowest BCUT2D eigenvalue weighted by molar-refractivity contribution is 0.0932. The molecule has 4 heteroatoms. The lowest BCUT2D eigenvalue weighted by Crippen LogP contribution is -2.04. The van der Waals surface area contributed by atoms with Crippen molar-refractivity contribution >= 4 is 5.78 Å². The first-order valence-electron chi connectivity index (χ1n) is 4.97. The number of Topliss-reactive ketones (excluding diaryl/α,β-unsaturated/α-hetero) is 1. The summed E-state index contributed by atoms with van der Waals surface area (Å²) in [6, 6.07) is 5.12. The summed E-state index contributed by atoms with van der Waals surface area (Å²) in [5.74, 6) is 1.21. The van der Waals surface area contributed by atoms with E-state index in [1.165, 1.54) is 0 Å². The van der Waals surface area contributed by atoms with E-state index in [4.69, 9.17) is 14.2 Å². The Kier molecular flexibility index (Phi) is 4.79. The highest BCUT2D eigenvalue weighted by Crippen LogP contribution is 2.27. The number of methoxy groups -OCH3 is 3. The summed E-state index contributed by atoms with van der Waals surface area (Å²) in [6.45, 7) is 0.424. The summed E-state index contributed by atoms with van der Waals surface area (Å²) in [6.07, 6.45) is 0.367. The normalized spacial score (nSPS) is 9.94. The van der Waals surface area contributed by atoms with Crippen LogP contribution in [0, 0.1) is 0 Å². The van der Waals surface area contributed by atoms with Crippen LogP contribution in [0.25, 0.3) is 0 Å². The average Bonchev–Trinajstić information content (AvgIpc) is 2.34. The van der Waals surface area contributed by atoms with Crippen molar-refractivity contribution in [2.75, 3.05) is 27.9 Å². The first kappa shape index (κ1) is 12.5. The Morgan fingerprint density at radius 2 is 1.81 bits per heavy atom. The van der Waals surface area contributed by atoms with Crippen LogP contribution >= 0.6 is 0 Å². The van der Waals surface area contributed by atoms with Gasteiger partial charge in [-0.05, 0) is 18.2 Å². The topological polar surface area (TPSA) is 44.8 Å². The van der Waals surface area contributed by atoms with Crippen LogP contribution in [0.1, 0.15) is 16.8 Å². The lowest BCUT2D eigenvalue weighted by atomic mass is 10.1. The van der Waals surface area contributed by atoms with Gasteiger partial charge in [0.1, 0.15) is 0 Å². The van der Waals surface area contributed by atoms with Gasteiger partial charge >= 0.3 is 0 Å². The van der Waals surface area contributed by atoms with Gasteiger partial charge in [0.15, 0.2) is 17.3 Å². The Labute approximate surface area is 95.1 Å². The van der Waals surface area contributed by atoms with Crippen LogP contribution in [0.4, 0.5) is 0 Å². The molecule has 16 heavy (non-hydrogen) atoms. The van der Waals surface area contributed by atoms with Crippen molar-refractivity contribution in [1.29, 1.82) is 0 Å². The number of carbonyl (C=O) groups excluding carboxylic acids is 1. The molecule has 1 rings (SSSR count). The van der Waals surface area contributed by atoms with Crippen LogP contribution in [0.5, 0.6) is 11.5 Å². The Hall–Kier alpha value is -1.55. The van der Waals surface area contributed by atoms with Crippen LogP contribution in [0.2, 0.25) is 0 Å². The second-order valence-electron chi connectivity index (χ2n) is 3.24. The van der Waals surface area contributed by atoms with Gasteiger partial charge in [0, 0.05) is 19.1 Å². The van der Waals surface area contributed by atoms with E-state index < -0.39 is 0 Å². The lowest BCUT2D eigenvalue weighted by Gasteiger charge is -2.08. The zero-order valence-electron chi connectivity index (χ0n) is 9.78. The molecular weight excluding hydrogens is 208 g/mol. The third-order valence-corrected chi connectivity index (χ3v) is 2.24. The molecule has 4 nitrogen and oxygen atoms in total. The summed E-state index contributed by atoms with van der Waals surface area (Å²) in [5, 5.41) is 0. The number of benzene rings is 1. The van der Waals surface area contributed by atoms with Crippen LogP contribution < -0.4 is 9.47 Å². The largest absolute Gasteiger partial charge is 0.493 e. The Balaban J connectivity index is 2.85. The van der Waals surface area contributed by atoms with Gasteiger partial charge in [0.25, 0.3) is 0 Å². The molecule has 1 aromatic rings. The van der Waals surface area contributed by atoms with E-state index in [9.17, 15) is 4.79 Å².